The first kappa shape index (κ1) is 19.4. The van der Waals surface area contributed by atoms with Crippen LogP contribution in [0.25, 0.3) is 0 Å². The molecule has 0 aliphatic carbocycles. The van der Waals surface area contributed by atoms with Crippen LogP contribution in [0.3, 0.4) is 0 Å². The minimum atomic E-state index is 0. The molecular formula is C17H36BrN. The van der Waals surface area contributed by atoms with E-state index in [0.29, 0.717) is 0 Å². The Labute approximate surface area is 132 Å². The Morgan fingerprint density at radius 2 is 1.11 bits per heavy atom. The average Bonchev–Trinajstić information content (AvgIpc) is 2.79. The molecule has 0 spiro atoms. The maximum atomic E-state index is 2.46. The van der Waals surface area contributed by atoms with E-state index in [9.17, 15) is 0 Å². The van der Waals surface area contributed by atoms with Gasteiger partial charge in [-0.25, -0.2) is 0 Å². The summed E-state index contributed by atoms with van der Waals surface area (Å²) < 4.78 is 1.37. The number of likely N-dealkylation sites (tertiary alicyclic amines) is 1. The zero-order valence-corrected chi connectivity index (χ0v) is 15.0. The number of quaternary nitrogens is 1. The van der Waals surface area contributed by atoms with E-state index >= 15 is 0 Å². The first-order valence-corrected chi connectivity index (χ1v) is 8.60. The van der Waals surface area contributed by atoms with Crippen LogP contribution in [0.15, 0.2) is 0 Å². The van der Waals surface area contributed by atoms with Crippen molar-refractivity contribution >= 4 is 0 Å². The van der Waals surface area contributed by atoms with Gasteiger partial charge in [0.2, 0.25) is 0 Å². The number of hydrogen-bond acceptors (Lipinski definition) is 0. The lowest BCUT2D eigenvalue weighted by Crippen LogP contribution is -3.00. The van der Waals surface area contributed by atoms with E-state index in [4.69, 9.17) is 0 Å². The molecule has 1 nitrogen and oxygen atoms in total. The molecule has 1 rings (SSSR count). The van der Waals surface area contributed by atoms with Gasteiger partial charge in [-0.05, 0) is 12.8 Å². The van der Waals surface area contributed by atoms with E-state index in [1.165, 1.54) is 101 Å². The van der Waals surface area contributed by atoms with Gasteiger partial charge in [0.15, 0.2) is 0 Å². The van der Waals surface area contributed by atoms with E-state index < -0.39 is 0 Å². The summed E-state index contributed by atoms with van der Waals surface area (Å²) >= 11 is 0. The summed E-state index contributed by atoms with van der Waals surface area (Å²) in [5.74, 6) is 0. The standard InChI is InChI=1S/C17H36N.BrH/c1-3-4-5-6-7-8-9-10-11-12-15-18(2)16-13-14-17-18;/h3-17H2,1-2H3;1H/q+1;/p-1. The summed E-state index contributed by atoms with van der Waals surface area (Å²) in [6.07, 6.45) is 17.5. The van der Waals surface area contributed by atoms with Crippen LogP contribution >= 0.6 is 0 Å². The summed E-state index contributed by atoms with van der Waals surface area (Å²) in [6.45, 7) is 6.62. The Hall–Kier alpha value is 0.440. The van der Waals surface area contributed by atoms with Crippen molar-refractivity contribution < 1.29 is 21.5 Å². The molecule has 0 aromatic carbocycles. The fourth-order valence-electron chi connectivity index (χ4n) is 3.30. The van der Waals surface area contributed by atoms with Gasteiger partial charge in [-0.2, -0.15) is 0 Å². The van der Waals surface area contributed by atoms with Crippen molar-refractivity contribution in [2.45, 2.75) is 84.0 Å². The van der Waals surface area contributed by atoms with Crippen molar-refractivity contribution in [2.75, 3.05) is 26.7 Å². The van der Waals surface area contributed by atoms with E-state index in [-0.39, 0.29) is 17.0 Å². The molecule has 0 aromatic rings. The highest BCUT2D eigenvalue weighted by Gasteiger charge is 2.25. The fraction of sp³-hybridized carbons (Fsp3) is 1.00. The molecular weight excluding hydrogens is 298 g/mol. The van der Waals surface area contributed by atoms with Crippen LogP contribution in [0, 0.1) is 0 Å². The molecule has 1 aliphatic heterocycles. The molecule has 0 N–H and O–H groups in total. The molecule has 116 valence electrons. The van der Waals surface area contributed by atoms with Crippen LogP contribution < -0.4 is 17.0 Å². The van der Waals surface area contributed by atoms with Gasteiger partial charge in [-0.3, -0.25) is 0 Å². The van der Waals surface area contributed by atoms with Gasteiger partial charge in [0.05, 0.1) is 26.7 Å². The van der Waals surface area contributed by atoms with Gasteiger partial charge in [-0.1, -0.05) is 58.3 Å². The van der Waals surface area contributed by atoms with Gasteiger partial charge in [0, 0.05) is 12.8 Å². The molecule has 0 radical (unpaired) electrons. The van der Waals surface area contributed by atoms with Crippen molar-refractivity contribution in [3.8, 4) is 0 Å². The van der Waals surface area contributed by atoms with Crippen LogP contribution in [-0.4, -0.2) is 31.2 Å². The molecule has 19 heavy (non-hydrogen) atoms. The van der Waals surface area contributed by atoms with Gasteiger partial charge in [0.1, 0.15) is 0 Å². The maximum absolute atomic E-state index is 2.46. The van der Waals surface area contributed by atoms with E-state index in [0.717, 1.165) is 0 Å². The lowest BCUT2D eigenvalue weighted by Gasteiger charge is -2.29. The average molecular weight is 334 g/mol. The zero-order valence-electron chi connectivity index (χ0n) is 13.4. The van der Waals surface area contributed by atoms with Crippen LogP contribution in [0.4, 0.5) is 0 Å². The summed E-state index contributed by atoms with van der Waals surface area (Å²) in [5, 5.41) is 0. The highest BCUT2D eigenvalue weighted by atomic mass is 79.9. The molecule has 0 saturated carbocycles. The van der Waals surface area contributed by atoms with Crippen LogP contribution in [0.1, 0.15) is 84.0 Å². The van der Waals surface area contributed by atoms with Crippen molar-refractivity contribution in [1.29, 1.82) is 0 Å². The van der Waals surface area contributed by atoms with E-state index in [1.807, 2.05) is 0 Å². The predicted molar refractivity (Wildman–Crippen MR) is 81.9 cm³/mol. The SMILES string of the molecule is CCCCCCCCCCCC[N+]1(C)CCCC1.[Br-]. The van der Waals surface area contributed by atoms with Crippen molar-refractivity contribution in [2.24, 2.45) is 0 Å². The monoisotopic (exact) mass is 333 g/mol. The third-order valence-electron chi connectivity index (χ3n) is 4.70. The molecule has 1 heterocycles. The minimum Gasteiger partial charge on any atom is -1.00 e. The molecule has 1 fully saturated rings. The van der Waals surface area contributed by atoms with Crippen LogP contribution in [0.5, 0.6) is 0 Å². The fourth-order valence-corrected chi connectivity index (χ4v) is 3.30. The zero-order chi connectivity index (χ0) is 13.1. The maximum Gasteiger partial charge on any atom is 0.0786 e. The molecule has 0 atom stereocenters. The smallest absolute Gasteiger partial charge is 0.0786 e. The van der Waals surface area contributed by atoms with Crippen molar-refractivity contribution in [3.05, 3.63) is 0 Å². The van der Waals surface area contributed by atoms with Crippen molar-refractivity contribution in [3.63, 3.8) is 0 Å². The lowest BCUT2D eigenvalue weighted by molar-refractivity contribution is -0.897. The topological polar surface area (TPSA) is 0 Å². The Morgan fingerprint density at radius 3 is 1.58 bits per heavy atom. The lowest BCUT2D eigenvalue weighted by atomic mass is 10.1. The van der Waals surface area contributed by atoms with Gasteiger partial charge >= 0.3 is 0 Å². The van der Waals surface area contributed by atoms with E-state index in [1.54, 1.807) is 0 Å². The molecule has 0 aromatic heterocycles. The Balaban J connectivity index is 0.00000324. The minimum absolute atomic E-state index is 0. The third kappa shape index (κ3) is 9.90. The molecule has 1 aliphatic rings. The second-order valence-electron chi connectivity index (χ2n) is 6.68. The summed E-state index contributed by atoms with van der Waals surface area (Å²) in [6, 6.07) is 0. The molecule has 0 unspecified atom stereocenters. The number of nitrogens with zero attached hydrogens (tertiary/aromatic N) is 1. The van der Waals surface area contributed by atoms with Gasteiger partial charge in [-0.15, -0.1) is 0 Å². The number of unbranched alkanes of at least 4 members (excludes halogenated alkanes) is 9. The molecule has 0 amide bonds. The Kier molecular flexibility index (Phi) is 12.5. The number of halogens is 1. The summed E-state index contributed by atoms with van der Waals surface area (Å²) in [5.41, 5.74) is 0. The molecule has 1 saturated heterocycles. The second-order valence-corrected chi connectivity index (χ2v) is 6.68. The second kappa shape index (κ2) is 12.2. The predicted octanol–water partition coefficient (Wildman–Crippen LogP) is 2.15. The molecule has 0 bridgehead atoms. The normalized spacial score (nSPS) is 17.4. The third-order valence-corrected chi connectivity index (χ3v) is 4.70. The largest absolute Gasteiger partial charge is 1.00 e. The van der Waals surface area contributed by atoms with Crippen LogP contribution in [-0.2, 0) is 0 Å². The first-order valence-electron chi connectivity index (χ1n) is 8.60. The number of rotatable bonds is 11. The Bertz CT molecular complexity index is 188. The quantitative estimate of drug-likeness (QED) is 0.401. The van der Waals surface area contributed by atoms with Crippen LogP contribution in [0.2, 0.25) is 0 Å². The van der Waals surface area contributed by atoms with E-state index in [2.05, 4.69) is 14.0 Å². The van der Waals surface area contributed by atoms with Gasteiger partial charge < -0.3 is 21.5 Å². The van der Waals surface area contributed by atoms with Gasteiger partial charge in [0.25, 0.3) is 0 Å². The highest BCUT2D eigenvalue weighted by molar-refractivity contribution is 4.53. The Morgan fingerprint density at radius 1 is 0.684 bits per heavy atom. The van der Waals surface area contributed by atoms with Crippen molar-refractivity contribution in [1.82, 2.24) is 0 Å². The first-order chi connectivity index (χ1) is 8.77. The summed E-state index contributed by atoms with van der Waals surface area (Å²) in [7, 11) is 2.46. The molecule has 2 heteroatoms. The number of hydrogen-bond donors (Lipinski definition) is 0. The highest BCUT2D eigenvalue weighted by Crippen LogP contribution is 2.18. The summed E-state index contributed by atoms with van der Waals surface area (Å²) in [4.78, 5) is 0.